The van der Waals surface area contributed by atoms with E-state index in [0.29, 0.717) is 23.9 Å². The summed E-state index contributed by atoms with van der Waals surface area (Å²) in [7, 11) is 0. The molecular weight excluding hydrogens is 346 g/mol. The van der Waals surface area contributed by atoms with Crippen molar-refractivity contribution < 1.29 is 19.1 Å². The number of amides is 3. The van der Waals surface area contributed by atoms with Crippen LogP contribution in [0, 0.1) is 0 Å². The molecule has 3 amide bonds. The van der Waals surface area contributed by atoms with Crippen molar-refractivity contribution in [2.75, 3.05) is 11.5 Å². The largest absolute Gasteiger partial charge is 0.492 e. The van der Waals surface area contributed by atoms with Gasteiger partial charge in [0.2, 0.25) is 5.88 Å². The van der Waals surface area contributed by atoms with Crippen molar-refractivity contribution in [1.82, 2.24) is 10.3 Å². The van der Waals surface area contributed by atoms with Crippen LogP contribution in [0.1, 0.15) is 33.3 Å². The zero-order valence-corrected chi connectivity index (χ0v) is 15.7. The molecule has 140 valence electrons. The minimum absolute atomic E-state index is 0.0672. The van der Waals surface area contributed by atoms with Crippen LogP contribution in [0.3, 0.4) is 0 Å². The maximum atomic E-state index is 12.4. The molecule has 7 heteroatoms. The summed E-state index contributed by atoms with van der Waals surface area (Å²) in [5, 5.41) is 2.64. The first-order valence-corrected chi connectivity index (χ1v) is 8.75. The molecule has 1 fully saturated rings. The van der Waals surface area contributed by atoms with E-state index in [1.807, 2.05) is 18.2 Å². The number of rotatable bonds is 3. The van der Waals surface area contributed by atoms with Crippen molar-refractivity contribution in [3.63, 3.8) is 0 Å². The van der Waals surface area contributed by atoms with E-state index in [-0.39, 0.29) is 11.3 Å². The van der Waals surface area contributed by atoms with Crippen molar-refractivity contribution in [2.24, 2.45) is 0 Å². The molecule has 0 radical (unpaired) electrons. The van der Waals surface area contributed by atoms with Gasteiger partial charge in [-0.2, -0.15) is 0 Å². The Kier molecular flexibility index (Phi) is 3.66. The van der Waals surface area contributed by atoms with E-state index in [2.05, 4.69) is 24.1 Å². The third-order valence-electron chi connectivity index (χ3n) is 4.83. The molecule has 0 saturated carbocycles. The van der Waals surface area contributed by atoms with Gasteiger partial charge >= 0.3 is 6.03 Å². The number of anilines is 1. The molecule has 2 aliphatic rings. The number of carbonyl (C=O) groups excluding carboxylic acids is 2. The van der Waals surface area contributed by atoms with Gasteiger partial charge in [0.1, 0.15) is 17.0 Å². The van der Waals surface area contributed by atoms with Gasteiger partial charge in [0.05, 0.1) is 18.5 Å². The van der Waals surface area contributed by atoms with Crippen molar-refractivity contribution in [2.45, 2.75) is 38.6 Å². The van der Waals surface area contributed by atoms with Gasteiger partial charge in [0, 0.05) is 17.0 Å². The lowest BCUT2D eigenvalue weighted by molar-refractivity contribution is -0.121. The standard InChI is InChI=1S/C20H21N3O4/c1-19(2)11-26-15-7-6-13(9-14(15)19)27-16-8-5-12(10-21-16)23-17(24)20(3,4)22-18(23)25/h5-10H,11H2,1-4H3,(H,22,25). The number of carbonyl (C=O) groups is 2. The molecule has 1 aromatic heterocycles. The summed E-state index contributed by atoms with van der Waals surface area (Å²) < 4.78 is 11.5. The number of hydrogen-bond donors (Lipinski definition) is 1. The van der Waals surface area contributed by atoms with E-state index in [4.69, 9.17) is 9.47 Å². The highest BCUT2D eigenvalue weighted by Crippen LogP contribution is 2.40. The number of benzene rings is 1. The van der Waals surface area contributed by atoms with Crippen molar-refractivity contribution >= 4 is 17.6 Å². The summed E-state index contributed by atoms with van der Waals surface area (Å²) in [6.07, 6.45) is 1.45. The second-order valence-electron chi connectivity index (χ2n) is 7.98. The SMILES string of the molecule is CC1(C)NC(=O)N(c2ccc(Oc3ccc4c(c3)C(C)(C)CO4)nc2)C1=O. The van der Waals surface area contributed by atoms with E-state index >= 15 is 0 Å². The number of hydrogen-bond acceptors (Lipinski definition) is 5. The van der Waals surface area contributed by atoms with E-state index in [1.165, 1.54) is 6.20 Å². The number of fused-ring (bicyclic) bond motifs is 1. The summed E-state index contributed by atoms with van der Waals surface area (Å²) >= 11 is 0. The van der Waals surface area contributed by atoms with E-state index in [1.54, 1.807) is 26.0 Å². The highest BCUT2D eigenvalue weighted by atomic mass is 16.5. The zero-order chi connectivity index (χ0) is 19.4. The fourth-order valence-corrected chi connectivity index (χ4v) is 3.23. The lowest BCUT2D eigenvalue weighted by Crippen LogP contribution is -2.40. The number of urea groups is 1. The minimum atomic E-state index is -0.925. The molecule has 3 heterocycles. The number of ether oxygens (including phenoxy) is 2. The second kappa shape index (κ2) is 5.70. The Morgan fingerprint density at radius 2 is 1.93 bits per heavy atom. The molecule has 1 saturated heterocycles. The number of pyridine rings is 1. The molecule has 1 aromatic carbocycles. The van der Waals surface area contributed by atoms with Crippen LogP contribution in [0.2, 0.25) is 0 Å². The third-order valence-corrected chi connectivity index (χ3v) is 4.83. The van der Waals surface area contributed by atoms with Crippen LogP contribution in [0.15, 0.2) is 36.5 Å². The van der Waals surface area contributed by atoms with Crippen molar-refractivity contribution in [1.29, 1.82) is 0 Å². The van der Waals surface area contributed by atoms with Gasteiger partial charge in [-0.15, -0.1) is 0 Å². The van der Waals surface area contributed by atoms with Gasteiger partial charge in [-0.1, -0.05) is 13.8 Å². The average Bonchev–Trinajstić information content (AvgIpc) is 3.01. The van der Waals surface area contributed by atoms with Crippen LogP contribution in [0.5, 0.6) is 17.4 Å². The van der Waals surface area contributed by atoms with Crippen LogP contribution in [-0.4, -0.2) is 29.1 Å². The molecule has 0 unspecified atom stereocenters. The fourth-order valence-electron chi connectivity index (χ4n) is 3.23. The topological polar surface area (TPSA) is 80.8 Å². The van der Waals surface area contributed by atoms with Crippen molar-refractivity contribution in [3.8, 4) is 17.4 Å². The predicted octanol–water partition coefficient (Wildman–Crippen LogP) is 3.38. The minimum Gasteiger partial charge on any atom is -0.492 e. The Hall–Kier alpha value is -3.09. The normalized spacial score (nSPS) is 19.5. The Balaban J connectivity index is 1.54. The zero-order valence-electron chi connectivity index (χ0n) is 15.7. The highest BCUT2D eigenvalue weighted by Gasteiger charge is 2.45. The Morgan fingerprint density at radius 1 is 1.15 bits per heavy atom. The number of nitrogens with zero attached hydrogens (tertiary/aromatic N) is 2. The van der Waals surface area contributed by atoms with Crippen LogP contribution < -0.4 is 19.7 Å². The van der Waals surface area contributed by atoms with Crippen LogP contribution >= 0.6 is 0 Å². The molecule has 2 aromatic rings. The summed E-state index contributed by atoms with van der Waals surface area (Å²) in [5.74, 6) is 1.59. The lowest BCUT2D eigenvalue weighted by atomic mass is 9.87. The first-order valence-electron chi connectivity index (χ1n) is 8.75. The third kappa shape index (κ3) is 2.89. The molecule has 2 aliphatic heterocycles. The average molecular weight is 367 g/mol. The maximum Gasteiger partial charge on any atom is 0.329 e. The molecule has 27 heavy (non-hydrogen) atoms. The van der Waals surface area contributed by atoms with E-state index < -0.39 is 11.6 Å². The van der Waals surface area contributed by atoms with E-state index in [9.17, 15) is 9.59 Å². The maximum absolute atomic E-state index is 12.4. The first kappa shape index (κ1) is 17.3. The smallest absolute Gasteiger partial charge is 0.329 e. The van der Waals surface area contributed by atoms with Crippen LogP contribution in [0.4, 0.5) is 10.5 Å². The molecule has 0 bridgehead atoms. The number of nitrogens with one attached hydrogen (secondary N) is 1. The summed E-state index contributed by atoms with van der Waals surface area (Å²) in [4.78, 5) is 29.8. The lowest BCUT2D eigenvalue weighted by Gasteiger charge is -2.16. The summed E-state index contributed by atoms with van der Waals surface area (Å²) in [5.41, 5.74) is 0.505. The highest BCUT2D eigenvalue weighted by molar-refractivity contribution is 6.22. The van der Waals surface area contributed by atoms with Gasteiger partial charge in [-0.3, -0.25) is 4.79 Å². The molecule has 0 spiro atoms. The summed E-state index contributed by atoms with van der Waals surface area (Å²) in [6.45, 7) is 8.21. The molecule has 1 N–H and O–H groups in total. The fraction of sp³-hybridized carbons (Fsp3) is 0.350. The Bertz CT molecular complexity index is 935. The molecule has 4 rings (SSSR count). The molecule has 0 atom stereocenters. The number of aromatic nitrogens is 1. The molecular formula is C20H21N3O4. The van der Waals surface area contributed by atoms with Gasteiger partial charge in [-0.05, 0) is 38.1 Å². The van der Waals surface area contributed by atoms with Crippen molar-refractivity contribution in [3.05, 3.63) is 42.1 Å². The predicted molar refractivity (Wildman–Crippen MR) is 99.4 cm³/mol. The van der Waals surface area contributed by atoms with Gasteiger partial charge in [-0.25, -0.2) is 14.7 Å². The summed E-state index contributed by atoms with van der Waals surface area (Å²) in [6, 6.07) is 8.50. The van der Waals surface area contributed by atoms with Crippen LogP contribution in [0.25, 0.3) is 0 Å². The van der Waals surface area contributed by atoms with Gasteiger partial charge in [0.25, 0.3) is 5.91 Å². The van der Waals surface area contributed by atoms with Gasteiger partial charge < -0.3 is 14.8 Å². The molecule has 0 aliphatic carbocycles. The second-order valence-corrected chi connectivity index (χ2v) is 7.98. The monoisotopic (exact) mass is 367 g/mol. The first-order chi connectivity index (χ1) is 12.7. The number of imide groups is 1. The van der Waals surface area contributed by atoms with E-state index in [0.717, 1.165) is 16.2 Å². The van der Waals surface area contributed by atoms with Gasteiger partial charge in [0.15, 0.2) is 0 Å². The Labute approximate surface area is 157 Å². The Morgan fingerprint density at radius 3 is 2.56 bits per heavy atom. The van der Waals surface area contributed by atoms with Crippen LogP contribution in [-0.2, 0) is 10.2 Å². The molecule has 7 nitrogen and oxygen atoms in total. The quantitative estimate of drug-likeness (QED) is 0.841.